The molecule has 1 aromatic heterocycles. The number of hydrogen-bond donors (Lipinski definition) is 1. The molecule has 0 atom stereocenters. The third-order valence-electron chi connectivity index (χ3n) is 3.17. The average molecular weight is 279 g/mol. The summed E-state index contributed by atoms with van der Waals surface area (Å²) in [4.78, 5) is 4.57. The van der Waals surface area contributed by atoms with Gasteiger partial charge in [0.1, 0.15) is 11.6 Å². The third-order valence-corrected chi connectivity index (χ3v) is 3.17. The van der Waals surface area contributed by atoms with Crippen molar-refractivity contribution in [3.63, 3.8) is 0 Å². The second-order valence-electron chi connectivity index (χ2n) is 4.70. The van der Waals surface area contributed by atoms with Crippen LogP contribution in [0.2, 0.25) is 0 Å². The summed E-state index contributed by atoms with van der Waals surface area (Å²) in [7, 11) is 0. The van der Waals surface area contributed by atoms with Crippen LogP contribution < -0.4 is 4.74 Å². The van der Waals surface area contributed by atoms with Crippen LogP contribution >= 0.6 is 0 Å². The second kappa shape index (κ2) is 6.22. The highest BCUT2D eigenvalue weighted by Gasteiger charge is 2.11. The maximum Gasteiger partial charge on any atom is 0.184 e. The molecule has 0 radical (unpaired) electrons. The molecule has 1 N–H and O–H groups in total. The van der Waals surface area contributed by atoms with Crippen LogP contribution in [0.3, 0.4) is 0 Å². The van der Waals surface area contributed by atoms with E-state index in [0.717, 1.165) is 23.6 Å². The van der Waals surface area contributed by atoms with Crippen LogP contribution in [0.15, 0.2) is 54.6 Å². The Morgan fingerprint density at radius 1 is 1.00 bits per heavy atom. The monoisotopic (exact) mass is 279 g/mol. The fourth-order valence-electron chi connectivity index (χ4n) is 2.22. The number of rotatable bonds is 5. The van der Waals surface area contributed by atoms with E-state index in [2.05, 4.69) is 27.3 Å². The molecule has 0 saturated heterocycles. The molecule has 0 fully saturated rings. The number of hydrogen-bond acceptors (Lipinski definition) is 3. The largest absolute Gasteiger partial charge is 0.493 e. The van der Waals surface area contributed by atoms with Crippen molar-refractivity contribution in [3.05, 3.63) is 66.0 Å². The van der Waals surface area contributed by atoms with Crippen molar-refractivity contribution >= 4 is 0 Å². The van der Waals surface area contributed by atoms with Crippen LogP contribution in [-0.4, -0.2) is 21.8 Å². The Morgan fingerprint density at radius 2 is 1.76 bits per heavy atom. The van der Waals surface area contributed by atoms with Gasteiger partial charge in [-0.3, -0.25) is 5.10 Å². The Morgan fingerprint density at radius 3 is 2.57 bits per heavy atom. The summed E-state index contributed by atoms with van der Waals surface area (Å²) in [6.07, 6.45) is 0.741. The van der Waals surface area contributed by atoms with Crippen LogP contribution in [-0.2, 0) is 6.42 Å². The van der Waals surface area contributed by atoms with Gasteiger partial charge >= 0.3 is 0 Å². The highest BCUT2D eigenvalue weighted by atomic mass is 16.5. The SMILES string of the molecule is CCOc1ccccc1-c1n[nH]c(Cc2ccccc2)n1. The van der Waals surface area contributed by atoms with Gasteiger partial charge in [0.25, 0.3) is 0 Å². The van der Waals surface area contributed by atoms with Crippen LogP contribution in [0.5, 0.6) is 5.75 Å². The summed E-state index contributed by atoms with van der Waals surface area (Å²) < 4.78 is 5.63. The maximum atomic E-state index is 5.63. The lowest BCUT2D eigenvalue weighted by atomic mass is 10.1. The smallest absolute Gasteiger partial charge is 0.184 e. The predicted octanol–water partition coefficient (Wildman–Crippen LogP) is 3.46. The number of H-pyrrole nitrogens is 1. The zero-order chi connectivity index (χ0) is 14.5. The number of ether oxygens (including phenoxy) is 1. The molecule has 3 rings (SSSR count). The summed E-state index contributed by atoms with van der Waals surface area (Å²) >= 11 is 0. The van der Waals surface area contributed by atoms with Gasteiger partial charge in [0.05, 0.1) is 12.2 Å². The Kier molecular flexibility index (Phi) is 3.96. The molecule has 2 aromatic carbocycles. The molecule has 21 heavy (non-hydrogen) atoms. The molecule has 0 unspecified atom stereocenters. The summed E-state index contributed by atoms with van der Waals surface area (Å²) in [5.74, 6) is 2.33. The first-order chi connectivity index (χ1) is 10.4. The Balaban J connectivity index is 1.85. The normalized spacial score (nSPS) is 10.5. The van der Waals surface area contributed by atoms with E-state index in [-0.39, 0.29) is 0 Å². The van der Waals surface area contributed by atoms with E-state index < -0.39 is 0 Å². The van der Waals surface area contributed by atoms with Gasteiger partial charge in [-0.15, -0.1) is 0 Å². The summed E-state index contributed by atoms with van der Waals surface area (Å²) in [6, 6.07) is 18.0. The highest BCUT2D eigenvalue weighted by Crippen LogP contribution is 2.27. The lowest BCUT2D eigenvalue weighted by molar-refractivity contribution is 0.341. The number of aromatic nitrogens is 3. The first-order valence-corrected chi connectivity index (χ1v) is 7.04. The zero-order valence-corrected chi connectivity index (χ0v) is 11.9. The minimum Gasteiger partial charge on any atom is -0.493 e. The van der Waals surface area contributed by atoms with E-state index in [1.165, 1.54) is 5.56 Å². The fraction of sp³-hybridized carbons (Fsp3) is 0.176. The van der Waals surface area contributed by atoms with Gasteiger partial charge in [-0.05, 0) is 24.6 Å². The van der Waals surface area contributed by atoms with Gasteiger partial charge in [-0.2, -0.15) is 5.10 Å². The number of aromatic amines is 1. The lowest BCUT2D eigenvalue weighted by Gasteiger charge is -2.06. The summed E-state index contributed by atoms with van der Waals surface area (Å²) in [6.45, 7) is 2.59. The van der Waals surface area contributed by atoms with Crippen molar-refractivity contribution in [1.29, 1.82) is 0 Å². The molecule has 0 saturated carbocycles. The molecule has 0 spiro atoms. The average Bonchev–Trinajstić information content (AvgIpc) is 2.97. The third kappa shape index (κ3) is 3.11. The number of nitrogens with one attached hydrogen (secondary N) is 1. The van der Waals surface area contributed by atoms with Crippen molar-refractivity contribution in [2.75, 3.05) is 6.61 Å². The number of benzene rings is 2. The second-order valence-corrected chi connectivity index (χ2v) is 4.70. The Hall–Kier alpha value is -2.62. The van der Waals surface area contributed by atoms with Crippen molar-refractivity contribution in [2.45, 2.75) is 13.3 Å². The quantitative estimate of drug-likeness (QED) is 0.778. The molecular weight excluding hydrogens is 262 g/mol. The molecule has 1 heterocycles. The van der Waals surface area contributed by atoms with E-state index in [9.17, 15) is 0 Å². The Bertz CT molecular complexity index is 707. The fourth-order valence-corrected chi connectivity index (χ4v) is 2.22. The minimum atomic E-state index is 0.623. The van der Waals surface area contributed by atoms with Crippen molar-refractivity contribution in [2.24, 2.45) is 0 Å². The van der Waals surface area contributed by atoms with E-state index in [1.54, 1.807) is 0 Å². The molecule has 106 valence electrons. The molecule has 0 aliphatic rings. The molecule has 3 aromatic rings. The van der Waals surface area contributed by atoms with Gasteiger partial charge in [0.2, 0.25) is 0 Å². The standard InChI is InChI=1S/C17H17N3O/c1-2-21-15-11-7-6-10-14(15)17-18-16(19-20-17)12-13-8-4-3-5-9-13/h3-11H,2,12H2,1H3,(H,18,19,20). The molecule has 0 amide bonds. The van der Waals surface area contributed by atoms with E-state index >= 15 is 0 Å². The number of para-hydroxylation sites is 1. The maximum absolute atomic E-state index is 5.63. The van der Waals surface area contributed by atoms with E-state index in [1.807, 2.05) is 49.4 Å². The van der Waals surface area contributed by atoms with Crippen molar-refractivity contribution in [1.82, 2.24) is 15.2 Å². The topological polar surface area (TPSA) is 50.8 Å². The molecule has 0 bridgehead atoms. The molecule has 0 aliphatic carbocycles. The first kappa shape index (κ1) is 13.4. The van der Waals surface area contributed by atoms with E-state index in [4.69, 9.17) is 4.74 Å². The van der Waals surface area contributed by atoms with Gasteiger partial charge in [-0.25, -0.2) is 4.98 Å². The molecule has 4 nitrogen and oxygen atoms in total. The zero-order valence-electron chi connectivity index (χ0n) is 11.9. The van der Waals surface area contributed by atoms with Crippen LogP contribution in [0.4, 0.5) is 0 Å². The predicted molar refractivity (Wildman–Crippen MR) is 82.2 cm³/mol. The van der Waals surface area contributed by atoms with Crippen LogP contribution in [0.1, 0.15) is 18.3 Å². The molecule has 0 aliphatic heterocycles. The van der Waals surface area contributed by atoms with Gasteiger partial charge in [0.15, 0.2) is 5.82 Å². The molecular formula is C17H17N3O. The van der Waals surface area contributed by atoms with Crippen LogP contribution in [0, 0.1) is 0 Å². The van der Waals surface area contributed by atoms with E-state index in [0.29, 0.717) is 12.4 Å². The first-order valence-electron chi connectivity index (χ1n) is 7.04. The van der Waals surface area contributed by atoms with Gasteiger partial charge in [-0.1, -0.05) is 42.5 Å². The van der Waals surface area contributed by atoms with Gasteiger partial charge in [0, 0.05) is 6.42 Å². The van der Waals surface area contributed by atoms with Crippen molar-refractivity contribution < 1.29 is 4.74 Å². The molecule has 4 heteroatoms. The summed E-state index contributed by atoms with van der Waals surface area (Å²) in [5.41, 5.74) is 2.12. The van der Waals surface area contributed by atoms with Crippen LogP contribution in [0.25, 0.3) is 11.4 Å². The summed E-state index contributed by atoms with van der Waals surface area (Å²) in [5, 5.41) is 7.31. The minimum absolute atomic E-state index is 0.623. The number of nitrogens with zero attached hydrogens (tertiary/aromatic N) is 2. The highest BCUT2D eigenvalue weighted by molar-refractivity contribution is 5.63. The van der Waals surface area contributed by atoms with Gasteiger partial charge < -0.3 is 4.74 Å². The lowest BCUT2D eigenvalue weighted by Crippen LogP contribution is -1.94. The Labute approximate surface area is 123 Å². The van der Waals surface area contributed by atoms with Crippen molar-refractivity contribution in [3.8, 4) is 17.1 Å².